The van der Waals surface area contributed by atoms with Crippen LogP contribution < -0.4 is 5.32 Å². The second kappa shape index (κ2) is 12.4. The molecule has 0 aromatic heterocycles. The van der Waals surface area contributed by atoms with Crippen molar-refractivity contribution in [2.75, 3.05) is 26.7 Å². The highest BCUT2D eigenvalue weighted by Gasteiger charge is 2.24. The molecule has 0 unspecified atom stereocenters. The molecular weight excluding hydrogens is 452 g/mol. The molecule has 1 amide bonds. The number of fused-ring (bicyclic) bond motifs is 1. The molecule has 7 nitrogen and oxygen atoms in total. The van der Waals surface area contributed by atoms with Gasteiger partial charge in [0, 0.05) is 50.8 Å². The zero-order chi connectivity index (χ0) is 25.5. The first kappa shape index (κ1) is 26.2. The minimum absolute atomic E-state index is 0.143. The van der Waals surface area contributed by atoms with E-state index in [1.165, 1.54) is 11.1 Å². The first-order chi connectivity index (χ1) is 17.4. The molecule has 36 heavy (non-hydrogen) atoms. The third-order valence-electron chi connectivity index (χ3n) is 7.47. The Kier molecular flexibility index (Phi) is 9.02. The summed E-state index contributed by atoms with van der Waals surface area (Å²) in [5.41, 5.74) is 4.71. The fraction of sp³-hybridized carbons (Fsp3) is 0.483. The Morgan fingerprint density at radius 3 is 2.78 bits per heavy atom. The first-order valence-corrected chi connectivity index (χ1v) is 12.9. The van der Waals surface area contributed by atoms with E-state index in [1.807, 2.05) is 6.07 Å². The average Bonchev–Trinajstić information content (AvgIpc) is 3.09. The van der Waals surface area contributed by atoms with Gasteiger partial charge in [0.15, 0.2) is 0 Å². The second-order valence-corrected chi connectivity index (χ2v) is 10.1. The summed E-state index contributed by atoms with van der Waals surface area (Å²) in [4.78, 5) is 19.4. The average molecular weight is 491 g/mol. The minimum atomic E-state index is -0.680. The van der Waals surface area contributed by atoms with Gasteiger partial charge in [0.25, 0.3) is 5.91 Å². The number of nitrogens with one attached hydrogen (secondary N) is 2. The van der Waals surface area contributed by atoms with Crippen LogP contribution in [0.1, 0.15) is 43.2 Å². The highest BCUT2D eigenvalue weighted by molar-refractivity contribution is 6.44. The number of aliphatic hydroxyl groups is 1. The number of methoxy groups -OCH3 is 1. The molecule has 1 saturated carbocycles. The van der Waals surface area contributed by atoms with Gasteiger partial charge in [-0.05, 0) is 73.3 Å². The molecule has 0 bridgehead atoms. The van der Waals surface area contributed by atoms with E-state index in [-0.39, 0.29) is 18.2 Å². The number of carbonyl (C=O) groups is 1. The van der Waals surface area contributed by atoms with E-state index < -0.39 is 6.10 Å². The molecule has 0 radical (unpaired) electrons. The molecule has 1 aromatic rings. The van der Waals surface area contributed by atoms with E-state index in [0.717, 1.165) is 45.2 Å². The van der Waals surface area contributed by atoms with Gasteiger partial charge in [-0.15, -0.1) is 0 Å². The maximum Gasteiger partial charge on any atom is 0.269 e. The number of ether oxygens (including phenoxy) is 1. The number of amides is 1. The van der Waals surface area contributed by atoms with Crippen LogP contribution in [0.2, 0.25) is 0 Å². The van der Waals surface area contributed by atoms with Crippen molar-refractivity contribution in [1.82, 2.24) is 10.2 Å². The number of nitrogens with zero attached hydrogens (tertiary/aromatic N) is 2. The van der Waals surface area contributed by atoms with Crippen LogP contribution in [0, 0.1) is 11.3 Å². The molecule has 1 aliphatic carbocycles. The third kappa shape index (κ3) is 6.87. The van der Waals surface area contributed by atoms with Crippen LogP contribution in [0.4, 0.5) is 0 Å². The molecule has 1 atom stereocenters. The van der Waals surface area contributed by atoms with E-state index in [0.29, 0.717) is 41.8 Å². The summed E-state index contributed by atoms with van der Waals surface area (Å²) >= 11 is 0. The zero-order valence-electron chi connectivity index (χ0n) is 21.2. The Morgan fingerprint density at radius 1 is 1.28 bits per heavy atom. The molecule has 4 rings (SSSR count). The van der Waals surface area contributed by atoms with Crippen LogP contribution in [0.25, 0.3) is 0 Å². The number of hydrogen-bond acceptors (Lipinski definition) is 6. The third-order valence-corrected chi connectivity index (χ3v) is 7.47. The molecule has 2 aliphatic heterocycles. The van der Waals surface area contributed by atoms with Gasteiger partial charge in [-0.3, -0.25) is 14.7 Å². The van der Waals surface area contributed by atoms with Crippen molar-refractivity contribution in [2.45, 2.75) is 57.3 Å². The monoisotopic (exact) mass is 490 g/mol. The van der Waals surface area contributed by atoms with E-state index in [9.17, 15) is 9.90 Å². The Labute approximate surface area is 214 Å². The zero-order valence-corrected chi connectivity index (χ0v) is 21.2. The number of hydrogen-bond donors (Lipinski definition) is 3. The second-order valence-electron chi connectivity index (χ2n) is 10.1. The minimum Gasteiger partial charge on any atom is -0.390 e. The summed E-state index contributed by atoms with van der Waals surface area (Å²) in [6.45, 7) is 6.41. The maximum absolute atomic E-state index is 12.9. The van der Waals surface area contributed by atoms with Gasteiger partial charge in [0.2, 0.25) is 0 Å². The molecule has 2 heterocycles. The lowest BCUT2D eigenvalue weighted by Crippen LogP contribution is -2.43. The van der Waals surface area contributed by atoms with Crippen LogP contribution in [0.3, 0.4) is 0 Å². The van der Waals surface area contributed by atoms with E-state index >= 15 is 0 Å². The lowest BCUT2D eigenvalue weighted by Gasteiger charge is -2.30. The van der Waals surface area contributed by atoms with Crippen molar-refractivity contribution in [2.24, 2.45) is 10.9 Å². The lowest BCUT2D eigenvalue weighted by molar-refractivity contribution is -0.115. The summed E-state index contributed by atoms with van der Waals surface area (Å²) in [5.74, 6) is 0.0826. The molecule has 0 saturated heterocycles. The summed E-state index contributed by atoms with van der Waals surface area (Å²) in [6.07, 6.45) is 10.4. The number of rotatable bonds is 9. The van der Waals surface area contributed by atoms with Gasteiger partial charge in [0.1, 0.15) is 5.71 Å². The van der Waals surface area contributed by atoms with E-state index in [2.05, 4.69) is 40.0 Å². The molecule has 0 spiro atoms. The van der Waals surface area contributed by atoms with Gasteiger partial charge in [-0.2, -0.15) is 0 Å². The molecular formula is C29H38N4O3. The number of aliphatic hydroxyl groups excluding tert-OH is 1. The summed E-state index contributed by atoms with van der Waals surface area (Å²) in [7, 11) is 1.76. The van der Waals surface area contributed by atoms with E-state index in [1.54, 1.807) is 25.5 Å². The first-order valence-electron chi connectivity index (χ1n) is 12.9. The number of allylic oxidation sites excluding steroid dienone is 3. The predicted molar refractivity (Wildman–Crippen MR) is 143 cm³/mol. The summed E-state index contributed by atoms with van der Waals surface area (Å²) < 4.78 is 5.46. The topological polar surface area (TPSA) is 98.0 Å². The van der Waals surface area contributed by atoms with Crippen molar-refractivity contribution in [3.8, 4) is 0 Å². The van der Waals surface area contributed by atoms with Gasteiger partial charge in [-0.1, -0.05) is 30.8 Å². The van der Waals surface area contributed by atoms with Crippen molar-refractivity contribution in [1.29, 1.82) is 5.41 Å². The largest absolute Gasteiger partial charge is 0.390 e. The van der Waals surface area contributed by atoms with Gasteiger partial charge < -0.3 is 20.6 Å². The summed E-state index contributed by atoms with van der Waals surface area (Å²) in [5, 5.41) is 22.1. The van der Waals surface area contributed by atoms with Crippen LogP contribution >= 0.6 is 0 Å². The Morgan fingerprint density at radius 2 is 2.03 bits per heavy atom. The Hall–Kier alpha value is -2.87. The van der Waals surface area contributed by atoms with Crippen molar-refractivity contribution < 1.29 is 14.6 Å². The number of β-amino-alcohol motifs (C(OH)–C–C–N with tert-alkyl or cyclic N) is 1. The van der Waals surface area contributed by atoms with Crippen molar-refractivity contribution in [3.05, 3.63) is 71.5 Å². The Bertz CT molecular complexity index is 1070. The van der Waals surface area contributed by atoms with Gasteiger partial charge in [0.05, 0.1) is 12.2 Å². The molecule has 1 aromatic carbocycles. The SMILES string of the molecule is C=C1C=CN=C(C(=O)NC[C@H](O)CN2CCc3ccccc3C2)C=C1C(=N)CC1CCC(OC)CC1. The highest BCUT2D eigenvalue weighted by Crippen LogP contribution is 2.30. The number of aliphatic imine (C=N–C) groups is 1. The fourth-order valence-corrected chi connectivity index (χ4v) is 5.31. The van der Waals surface area contributed by atoms with Crippen LogP contribution in [0.5, 0.6) is 0 Å². The van der Waals surface area contributed by atoms with Gasteiger partial charge in [-0.25, -0.2) is 0 Å². The van der Waals surface area contributed by atoms with Crippen molar-refractivity contribution in [3.63, 3.8) is 0 Å². The number of carbonyl (C=O) groups excluding carboxylic acids is 1. The number of benzene rings is 1. The summed E-state index contributed by atoms with van der Waals surface area (Å²) in [6, 6.07) is 8.40. The maximum atomic E-state index is 12.9. The Balaban J connectivity index is 1.29. The van der Waals surface area contributed by atoms with Crippen LogP contribution in [-0.2, 0) is 22.5 Å². The molecule has 192 valence electrons. The standard InChI is InChI=1S/C29H38N4O3/c1-20-11-13-31-28(16-26(20)27(30)15-21-7-9-25(36-2)10-8-21)29(35)32-17-24(34)19-33-14-12-22-5-3-4-6-23(22)18-33/h3-6,11,13,16,21,24-25,30,34H,1,7-10,12,14-15,17-19H2,2H3,(H,32,35)/t21?,24-,25?/m0/s1. The van der Waals surface area contributed by atoms with E-state index in [4.69, 9.17) is 10.1 Å². The lowest BCUT2D eigenvalue weighted by atomic mass is 9.82. The highest BCUT2D eigenvalue weighted by atomic mass is 16.5. The molecule has 1 fully saturated rings. The fourth-order valence-electron chi connectivity index (χ4n) is 5.31. The van der Waals surface area contributed by atoms with Crippen molar-refractivity contribution >= 4 is 17.3 Å². The van der Waals surface area contributed by atoms with Crippen LogP contribution in [-0.4, -0.2) is 66.3 Å². The predicted octanol–water partition coefficient (Wildman–Crippen LogP) is 3.59. The van der Waals surface area contributed by atoms with Gasteiger partial charge >= 0.3 is 0 Å². The smallest absolute Gasteiger partial charge is 0.269 e. The molecule has 7 heteroatoms. The molecule has 3 N–H and O–H groups in total. The normalized spacial score (nSPS) is 23.2. The molecule has 3 aliphatic rings. The quantitative estimate of drug-likeness (QED) is 0.461. The van der Waals surface area contributed by atoms with Crippen LogP contribution in [0.15, 0.2) is 65.3 Å².